The van der Waals surface area contributed by atoms with Gasteiger partial charge in [0, 0.05) is 45.1 Å². The molecule has 2 rings (SSSR count). The van der Waals surface area contributed by atoms with Crippen LogP contribution in [0.3, 0.4) is 0 Å². The molecule has 2 aromatic rings. The van der Waals surface area contributed by atoms with Crippen molar-refractivity contribution in [2.45, 2.75) is 13.1 Å². The molecule has 1 heterocycles. The van der Waals surface area contributed by atoms with E-state index in [9.17, 15) is 4.39 Å². The summed E-state index contributed by atoms with van der Waals surface area (Å²) in [4.78, 5) is 6.12. The SMILES string of the molecule is CN=C(NCc1cc(C#N)ccc1F)N(C)Cc1cc(Cl)cn1C.I. The Kier molecular flexibility index (Phi) is 8.19. The van der Waals surface area contributed by atoms with Gasteiger partial charge in [0.25, 0.3) is 0 Å². The van der Waals surface area contributed by atoms with E-state index in [1.165, 1.54) is 18.2 Å². The molecule has 25 heavy (non-hydrogen) atoms. The number of halogens is 3. The highest BCUT2D eigenvalue weighted by atomic mass is 127. The highest BCUT2D eigenvalue weighted by Gasteiger charge is 2.11. The monoisotopic (exact) mass is 475 g/mol. The van der Waals surface area contributed by atoms with E-state index in [0.29, 0.717) is 28.7 Å². The molecule has 0 aliphatic rings. The molecule has 0 radical (unpaired) electrons. The second kappa shape index (κ2) is 9.63. The predicted molar refractivity (Wildman–Crippen MR) is 109 cm³/mol. The van der Waals surface area contributed by atoms with Gasteiger partial charge in [-0.3, -0.25) is 4.99 Å². The van der Waals surface area contributed by atoms with E-state index in [4.69, 9.17) is 16.9 Å². The molecule has 0 aliphatic heterocycles. The van der Waals surface area contributed by atoms with Crippen molar-refractivity contribution in [1.82, 2.24) is 14.8 Å². The number of guanidine groups is 1. The van der Waals surface area contributed by atoms with Crippen molar-refractivity contribution >= 4 is 41.5 Å². The fourth-order valence-corrected chi connectivity index (χ4v) is 2.65. The number of aryl methyl sites for hydroxylation is 1. The van der Waals surface area contributed by atoms with Gasteiger partial charge in [-0.05, 0) is 24.3 Å². The molecule has 0 fully saturated rings. The molecule has 0 atom stereocenters. The minimum absolute atomic E-state index is 0. The van der Waals surface area contributed by atoms with Gasteiger partial charge in [0.2, 0.25) is 0 Å². The van der Waals surface area contributed by atoms with Gasteiger partial charge in [0.1, 0.15) is 5.82 Å². The molecule has 5 nitrogen and oxygen atoms in total. The van der Waals surface area contributed by atoms with Crippen molar-refractivity contribution in [3.05, 3.63) is 58.1 Å². The van der Waals surface area contributed by atoms with Crippen LogP contribution in [0.2, 0.25) is 5.02 Å². The van der Waals surface area contributed by atoms with Crippen LogP contribution in [0.1, 0.15) is 16.8 Å². The van der Waals surface area contributed by atoms with Gasteiger partial charge in [-0.1, -0.05) is 11.6 Å². The van der Waals surface area contributed by atoms with Crippen molar-refractivity contribution in [3.8, 4) is 6.07 Å². The zero-order chi connectivity index (χ0) is 17.7. The largest absolute Gasteiger partial charge is 0.352 e. The third-order valence-corrected chi connectivity index (χ3v) is 3.87. The summed E-state index contributed by atoms with van der Waals surface area (Å²) in [6.07, 6.45) is 1.84. The maximum Gasteiger partial charge on any atom is 0.194 e. The lowest BCUT2D eigenvalue weighted by Crippen LogP contribution is -2.38. The minimum atomic E-state index is -0.353. The second-order valence-corrected chi connectivity index (χ2v) is 5.87. The zero-order valence-corrected chi connectivity index (χ0v) is 17.3. The Bertz CT molecular complexity index is 797. The maximum atomic E-state index is 13.8. The molecule has 1 aromatic carbocycles. The molecule has 0 amide bonds. The van der Waals surface area contributed by atoms with Crippen molar-refractivity contribution in [2.24, 2.45) is 12.0 Å². The van der Waals surface area contributed by atoms with Gasteiger partial charge in [0.15, 0.2) is 5.96 Å². The molecule has 0 saturated heterocycles. The minimum Gasteiger partial charge on any atom is -0.352 e. The second-order valence-electron chi connectivity index (χ2n) is 5.44. The standard InChI is InChI=1S/C17H19ClFN5.HI/c1-21-17(24(3)11-15-7-14(18)10-23(15)2)22-9-13-6-12(8-20)4-5-16(13)19;/h4-7,10H,9,11H2,1-3H3,(H,21,22);1H. The molecule has 0 spiro atoms. The summed E-state index contributed by atoms with van der Waals surface area (Å²) in [5.41, 5.74) is 1.88. The van der Waals surface area contributed by atoms with E-state index < -0.39 is 0 Å². The van der Waals surface area contributed by atoms with E-state index in [1.54, 1.807) is 7.05 Å². The quantitative estimate of drug-likeness (QED) is 0.418. The number of nitrogens with one attached hydrogen (secondary N) is 1. The van der Waals surface area contributed by atoms with Crippen molar-refractivity contribution in [1.29, 1.82) is 5.26 Å². The Labute approximate surface area is 169 Å². The topological polar surface area (TPSA) is 56.4 Å². The number of rotatable bonds is 4. The van der Waals surface area contributed by atoms with Crippen LogP contribution in [0.15, 0.2) is 35.5 Å². The van der Waals surface area contributed by atoms with Gasteiger partial charge in [-0.15, -0.1) is 24.0 Å². The third kappa shape index (κ3) is 5.61. The van der Waals surface area contributed by atoms with E-state index in [0.717, 1.165) is 5.69 Å². The number of benzene rings is 1. The first-order chi connectivity index (χ1) is 11.4. The van der Waals surface area contributed by atoms with Gasteiger partial charge >= 0.3 is 0 Å². The number of aromatic nitrogens is 1. The first kappa shape index (κ1) is 21.3. The summed E-state index contributed by atoms with van der Waals surface area (Å²) in [5, 5.41) is 12.7. The summed E-state index contributed by atoms with van der Waals surface area (Å²) >= 11 is 6.00. The molecule has 134 valence electrons. The molecular weight excluding hydrogens is 456 g/mol. The lowest BCUT2D eigenvalue weighted by molar-refractivity contribution is 0.460. The number of nitriles is 1. The Hall–Kier alpha value is -1.79. The molecular formula is C17H20ClFIN5. The van der Waals surface area contributed by atoms with Crippen LogP contribution in [0.5, 0.6) is 0 Å². The Morgan fingerprint density at radius 3 is 2.72 bits per heavy atom. The van der Waals surface area contributed by atoms with E-state index >= 15 is 0 Å². The van der Waals surface area contributed by atoms with Gasteiger partial charge < -0.3 is 14.8 Å². The number of hydrogen-bond acceptors (Lipinski definition) is 2. The van der Waals surface area contributed by atoms with Crippen LogP contribution in [0, 0.1) is 17.1 Å². The number of hydrogen-bond donors (Lipinski definition) is 1. The summed E-state index contributed by atoms with van der Waals surface area (Å²) in [7, 11) is 5.48. The molecule has 0 bridgehead atoms. The average Bonchev–Trinajstić information content (AvgIpc) is 2.87. The molecule has 0 saturated carbocycles. The van der Waals surface area contributed by atoms with Gasteiger partial charge in [-0.25, -0.2) is 4.39 Å². The summed E-state index contributed by atoms with van der Waals surface area (Å²) < 4.78 is 15.8. The van der Waals surface area contributed by atoms with E-state index in [-0.39, 0.29) is 36.3 Å². The van der Waals surface area contributed by atoms with Gasteiger partial charge in [0.05, 0.1) is 23.2 Å². The van der Waals surface area contributed by atoms with Crippen molar-refractivity contribution < 1.29 is 4.39 Å². The fourth-order valence-electron chi connectivity index (χ4n) is 2.38. The van der Waals surface area contributed by atoms with Crippen LogP contribution in [-0.4, -0.2) is 29.5 Å². The highest BCUT2D eigenvalue weighted by Crippen LogP contribution is 2.14. The Balaban J connectivity index is 0.00000312. The van der Waals surface area contributed by atoms with Crippen molar-refractivity contribution in [3.63, 3.8) is 0 Å². The van der Waals surface area contributed by atoms with E-state index in [1.807, 2.05) is 41.9 Å². The maximum absolute atomic E-state index is 13.8. The molecule has 8 heteroatoms. The van der Waals surface area contributed by atoms with Crippen LogP contribution >= 0.6 is 35.6 Å². The zero-order valence-electron chi connectivity index (χ0n) is 14.3. The number of aliphatic imine (C=N–C) groups is 1. The smallest absolute Gasteiger partial charge is 0.194 e. The molecule has 1 aromatic heterocycles. The normalized spacial score (nSPS) is 10.8. The highest BCUT2D eigenvalue weighted by molar-refractivity contribution is 14.0. The van der Waals surface area contributed by atoms with Crippen LogP contribution in [0.4, 0.5) is 4.39 Å². The van der Waals surface area contributed by atoms with Crippen LogP contribution < -0.4 is 5.32 Å². The summed E-state index contributed by atoms with van der Waals surface area (Å²) in [6.45, 7) is 0.843. The average molecular weight is 476 g/mol. The van der Waals surface area contributed by atoms with Crippen LogP contribution in [0.25, 0.3) is 0 Å². The molecule has 1 N–H and O–H groups in total. The Morgan fingerprint density at radius 1 is 1.44 bits per heavy atom. The Morgan fingerprint density at radius 2 is 2.16 bits per heavy atom. The van der Waals surface area contributed by atoms with Crippen molar-refractivity contribution in [2.75, 3.05) is 14.1 Å². The predicted octanol–water partition coefficient (Wildman–Crippen LogP) is 3.51. The molecule has 0 unspecified atom stereocenters. The van der Waals surface area contributed by atoms with E-state index in [2.05, 4.69) is 10.3 Å². The number of nitrogens with zero attached hydrogens (tertiary/aromatic N) is 4. The summed E-state index contributed by atoms with van der Waals surface area (Å²) in [5.74, 6) is 0.267. The lowest BCUT2D eigenvalue weighted by atomic mass is 10.1. The first-order valence-electron chi connectivity index (χ1n) is 7.35. The van der Waals surface area contributed by atoms with Gasteiger partial charge in [-0.2, -0.15) is 5.26 Å². The first-order valence-corrected chi connectivity index (χ1v) is 7.73. The fraction of sp³-hybridized carbons (Fsp3) is 0.294. The summed E-state index contributed by atoms with van der Waals surface area (Å²) in [6, 6.07) is 8.19. The third-order valence-electron chi connectivity index (χ3n) is 3.66. The molecule has 0 aliphatic carbocycles. The lowest BCUT2D eigenvalue weighted by Gasteiger charge is -2.22. The van der Waals surface area contributed by atoms with Crippen LogP contribution in [-0.2, 0) is 20.1 Å².